The Morgan fingerprint density at radius 1 is 0.964 bits per heavy atom. The van der Waals surface area contributed by atoms with Gasteiger partial charge in [-0.25, -0.2) is 0 Å². The Hall–Kier alpha value is -3.39. The number of carbonyl (C=O) groups excluding carboxylic acids is 3. The zero-order valence-electron chi connectivity index (χ0n) is 15.8. The molecule has 3 rings (SSSR count). The first-order valence-electron chi connectivity index (χ1n) is 8.52. The van der Waals surface area contributed by atoms with Crippen LogP contribution in [-0.4, -0.2) is 57.1 Å². The van der Waals surface area contributed by atoms with Crippen molar-refractivity contribution in [3.05, 3.63) is 53.1 Å². The molecule has 0 aliphatic carbocycles. The van der Waals surface area contributed by atoms with Crippen molar-refractivity contribution < 1.29 is 28.6 Å². The minimum Gasteiger partial charge on any atom is -0.497 e. The van der Waals surface area contributed by atoms with Crippen molar-refractivity contribution in [2.45, 2.75) is 0 Å². The van der Waals surface area contributed by atoms with Crippen LogP contribution >= 0.6 is 0 Å². The minimum atomic E-state index is -0.440. The van der Waals surface area contributed by atoms with Gasteiger partial charge < -0.3 is 19.5 Å². The normalized spacial score (nSPS) is 12.8. The Balaban J connectivity index is 1.85. The topological polar surface area (TPSA) is 94.2 Å². The van der Waals surface area contributed by atoms with Gasteiger partial charge in [0, 0.05) is 18.7 Å². The highest BCUT2D eigenvalue weighted by atomic mass is 16.5. The lowest BCUT2D eigenvalue weighted by molar-refractivity contribution is 0.0603. The smallest absolute Gasteiger partial charge is 0.261 e. The summed E-state index contributed by atoms with van der Waals surface area (Å²) < 4.78 is 15.4. The van der Waals surface area contributed by atoms with Crippen LogP contribution in [0, 0.1) is 0 Å². The van der Waals surface area contributed by atoms with Crippen LogP contribution in [0.15, 0.2) is 36.4 Å². The Bertz CT molecular complexity index is 940. The monoisotopic (exact) mass is 384 g/mol. The van der Waals surface area contributed by atoms with Gasteiger partial charge in [0.15, 0.2) is 0 Å². The zero-order valence-corrected chi connectivity index (χ0v) is 15.8. The Morgan fingerprint density at radius 3 is 2.39 bits per heavy atom. The van der Waals surface area contributed by atoms with Gasteiger partial charge in [-0.3, -0.25) is 19.3 Å². The molecule has 0 spiro atoms. The number of hydrogen-bond acceptors (Lipinski definition) is 6. The molecule has 28 heavy (non-hydrogen) atoms. The maximum absolute atomic E-state index is 12.7. The molecule has 3 amide bonds. The van der Waals surface area contributed by atoms with Crippen molar-refractivity contribution in [3.8, 4) is 11.5 Å². The number of amides is 3. The van der Waals surface area contributed by atoms with E-state index in [1.807, 2.05) is 0 Å². The van der Waals surface area contributed by atoms with Gasteiger partial charge in [-0.2, -0.15) is 0 Å². The summed E-state index contributed by atoms with van der Waals surface area (Å²) in [6.07, 6.45) is 0. The molecule has 1 heterocycles. The lowest BCUT2D eigenvalue weighted by atomic mass is 10.1. The second kappa shape index (κ2) is 8.10. The van der Waals surface area contributed by atoms with Crippen molar-refractivity contribution in [3.63, 3.8) is 0 Å². The maximum atomic E-state index is 12.7. The summed E-state index contributed by atoms with van der Waals surface area (Å²) in [6, 6.07) is 9.43. The summed E-state index contributed by atoms with van der Waals surface area (Å²) in [5.41, 5.74) is 1.15. The lowest BCUT2D eigenvalue weighted by Gasteiger charge is -2.12. The van der Waals surface area contributed by atoms with Gasteiger partial charge in [-0.05, 0) is 30.3 Å². The van der Waals surface area contributed by atoms with Gasteiger partial charge in [-0.1, -0.05) is 0 Å². The van der Waals surface area contributed by atoms with Crippen molar-refractivity contribution in [1.82, 2.24) is 4.90 Å². The number of benzene rings is 2. The predicted octanol–water partition coefficient (Wildman–Crippen LogP) is 2.20. The van der Waals surface area contributed by atoms with Crippen molar-refractivity contribution in [2.24, 2.45) is 0 Å². The standard InChI is InChI=1S/C20H20N2O6/c1-26-9-8-22-19(24)14-6-4-12(10-15(14)20(22)25)18(23)21-16-11-13(27-2)5-7-17(16)28-3/h4-7,10-11H,8-9H2,1-3H3,(H,21,23). The van der Waals surface area contributed by atoms with E-state index >= 15 is 0 Å². The molecular weight excluding hydrogens is 364 g/mol. The van der Waals surface area contributed by atoms with Crippen molar-refractivity contribution in [2.75, 3.05) is 39.8 Å². The molecule has 1 N–H and O–H groups in total. The molecule has 0 atom stereocenters. The third-order valence-electron chi connectivity index (χ3n) is 4.41. The van der Waals surface area contributed by atoms with E-state index in [9.17, 15) is 14.4 Å². The van der Waals surface area contributed by atoms with Crippen LogP contribution in [0.1, 0.15) is 31.1 Å². The highest BCUT2D eigenvalue weighted by Gasteiger charge is 2.35. The van der Waals surface area contributed by atoms with Gasteiger partial charge in [0.2, 0.25) is 0 Å². The fourth-order valence-corrected chi connectivity index (χ4v) is 2.92. The van der Waals surface area contributed by atoms with Gasteiger partial charge >= 0.3 is 0 Å². The second-order valence-electron chi connectivity index (χ2n) is 6.04. The minimum absolute atomic E-state index is 0.158. The van der Waals surface area contributed by atoms with E-state index < -0.39 is 17.7 Å². The molecule has 0 aromatic heterocycles. The Kier molecular flexibility index (Phi) is 5.60. The number of fused-ring (bicyclic) bond motifs is 1. The number of ether oxygens (including phenoxy) is 3. The van der Waals surface area contributed by atoms with Crippen molar-refractivity contribution >= 4 is 23.4 Å². The molecule has 8 nitrogen and oxygen atoms in total. The number of rotatable bonds is 7. The highest BCUT2D eigenvalue weighted by Crippen LogP contribution is 2.30. The van der Waals surface area contributed by atoms with E-state index in [2.05, 4.69) is 5.32 Å². The molecule has 0 saturated heterocycles. The van der Waals surface area contributed by atoms with Crippen LogP contribution < -0.4 is 14.8 Å². The maximum Gasteiger partial charge on any atom is 0.261 e. The summed E-state index contributed by atoms with van der Waals surface area (Å²) in [5.74, 6) is -0.249. The summed E-state index contributed by atoms with van der Waals surface area (Å²) in [7, 11) is 4.51. The zero-order chi connectivity index (χ0) is 20.3. The van der Waals surface area contributed by atoms with E-state index in [1.165, 1.54) is 39.5 Å². The van der Waals surface area contributed by atoms with Crippen molar-refractivity contribution in [1.29, 1.82) is 0 Å². The predicted molar refractivity (Wildman–Crippen MR) is 101 cm³/mol. The fourth-order valence-electron chi connectivity index (χ4n) is 2.92. The molecule has 0 radical (unpaired) electrons. The summed E-state index contributed by atoms with van der Waals surface area (Å²) in [6.45, 7) is 0.403. The summed E-state index contributed by atoms with van der Waals surface area (Å²) in [5, 5.41) is 2.74. The van der Waals surface area contributed by atoms with Gasteiger partial charge in [0.05, 0.1) is 44.2 Å². The second-order valence-corrected chi connectivity index (χ2v) is 6.04. The van der Waals surface area contributed by atoms with E-state index in [4.69, 9.17) is 14.2 Å². The summed E-state index contributed by atoms with van der Waals surface area (Å²) in [4.78, 5) is 38.7. The van der Waals surface area contributed by atoms with Crippen LogP contribution in [0.2, 0.25) is 0 Å². The largest absolute Gasteiger partial charge is 0.497 e. The first-order chi connectivity index (χ1) is 13.5. The van der Waals surface area contributed by atoms with E-state index in [1.54, 1.807) is 18.2 Å². The molecule has 1 aliphatic rings. The molecule has 146 valence electrons. The van der Waals surface area contributed by atoms with Gasteiger partial charge in [0.1, 0.15) is 11.5 Å². The lowest BCUT2D eigenvalue weighted by Crippen LogP contribution is -2.32. The molecule has 0 bridgehead atoms. The van der Waals surface area contributed by atoms with E-state index in [-0.39, 0.29) is 29.8 Å². The van der Waals surface area contributed by atoms with Crippen LogP contribution in [0.25, 0.3) is 0 Å². The molecular formula is C20H20N2O6. The first-order valence-corrected chi connectivity index (χ1v) is 8.52. The molecule has 0 fully saturated rings. The number of carbonyl (C=O) groups is 3. The summed E-state index contributed by atoms with van der Waals surface area (Å²) >= 11 is 0. The molecule has 8 heteroatoms. The number of imide groups is 1. The average molecular weight is 384 g/mol. The molecule has 2 aromatic carbocycles. The van der Waals surface area contributed by atoms with E-state index in [0.29, 0.717) is 17.2 Å². The van der Waals surface area contributed by atoms with Crippen LogP contribution in [0.3, 0.4) is 0 Å². The number of methoxy groups -OCH3 is 3. The highest BCUT2D eigenvalue weighted by molar-refractivity contribution is 6.22. The quantitative estimate of drug-likeness (QED) is 0.736. The van der Waals surface area contributed by atoms with Crippen LogP contribution in [-0.2, 0) is 4.74 Å². The van der Waals surface area contributed by atoms with Gasteiger partial charge in [-0.15, -0.1) is 0 Å². The molecule has 1 aliphatic heterocycles. The van der Waals surface area contributed by atoms with Gasteiger partial charge in [0.25, 0.3) is 17.7 Å². The Morgan fingerprint density at radius 2 is 1.71 bits per heavy atom. The Labute approximate surface area is 162 Å². The number of nitrogens with zero attached hydrogens (tertiary/aromatic N) is 1. The van der Waals surface area contributed by atoms with E-state index in [0.717, 1.165) is 4.90 Å². The fraction of sp³-hybridized carbons (Fsp3) is 0.250. The average Bonchev–Trinajstić information content (AvgIpc) is 2.95. The molecule has 0 saturated carbocycles. The van der Waals surface area contributed by atoms with Crippen LogP contribution in [0.4, 0.5) is 5.69 Å². The third kappa shape index (κ3) is 3.54. The number of nitrogens with one attached hydrogen (secondary N) is 1. The van der Waals surface area contributed by atoms with Crippen LogP contribution in [0.5, 0.6) is 11.5 Å². The third-order valence-corrected chi connectivity index (χ3v) is 4.41. The number of anilines is 1. The molecule has 2 aromatic rings. The number of hydrogen-bond donors (Lipinski definition) is 1. The SMILES string of the molecule is COCCN1C(=O)c2ccc(C(=O)Nc3cc(OC)ccc3OC)cc2C1=O. The first kappa shape index (κ1) is 19.4. The molecule has 0 unspecified atom stereocenters.